The van der Waals surface area contributed by atoms with Gasteiger partial charge in [0.05, 0.1) is 0 Å². The second-order valence-electron chi connectivity index (χ2n) is 6.27. The van der Waals surface area contributed by atoms with E-state index in [2.05, 4.69) is 17.1 Å². The van der Waals surface area contributed by atoms with Gasteiger partial charge in [-0.1, -0.05) is 19.8 Å². The first-order valence-electron chi connectivity index (χ1n) is 7.29. The van der Waals surface area contributed by atoms with Crippen molar-refractivity contribution in [2.75, 3.05) is 19.6 Å². The lowest BCUT2D eigenvalue weighted by atomic mass is 9.72. The van der Waals surface area contributed by atoms with Crippen LogP contribution in [0.15, 0.2) is 0 Å². The van der Waals surface area contributed by atoms with Gasteiger partial charge in [-0.25, -0.2) is 0 Å². The summed E-state index contributed by atoms with van der Waals surface area (Å²) in [7, 11) is 0. The van der Waals surface area contributed by atoms with Crippen LogP contribution in [0.5, 0.6) is 0 Å². The van der Waals surface area contributed by atoms with Gasteiger partial charge in [-0.05, 0) is 38.5 Å². The molecule has 1 saturated heterocycles. The molecule has 0 amide bonds. The summed E-state index contributed by atoms with van der Waals surface area (Å²) < 4.78 is 0. The Morgan fingerprint density at radius 1 is 1.06 bits per heavy atom. The third-order valence-corrected chi connectivity index (χ3v) is 5.55. The average Bonchev–Trinajstić information content (AvgIpc) is 2.66. The molecule has 0 aromatic rings. The molecule has 3 fully saturated rings. The fourth-order valence-corrected chi connectivity index (χ4v) is 4.23. The summed E-state index contributed by atoms with van der Waals surface area (Å²) in [5.74, 6) is 0. The second-order valence-corrected chi connectivity index (χ2v) is 6.27. The molecule has 2 heteroatoms. The maximum atomic E-state index is 3.83. The van der Waals surface area contributed by atoms with Crippen molar-refractivity contribution in [3.8, 4) is 0 Å². The van der Waals surface area contributed by atoms with Gasteiger partial charge in [0.1, 0.15) is 0 Å². The Morgan fingerprint density at radius 3 is 2.38 bits per heavy atom. The highest BCUT2D eigenvalue weighted by Crippen LogP contribution is 2.43. The monoisotopic (exact) mass is 222 g/mol. The lowest BCUT2D eigenvalue weighted by Crippen LogP contribution is -2.66. The van der Waals surface area contributed by atoms with Crippen LogP contribution in [-0.4, -0.2) is 35.6 Å². The molecule has 0 aromatic carbocycles. The molecule has 2 aliphatic carbocycles. The van der Waals surface area contributed by atoms with Crippen molar-refractivity contribution in [2.45, 2.75) is 69.4 Å². The SMILES string of the molecule is CCC1(N2CCNC3(CCCC3)C2)CCC1. The molecule has 0 radical (unpaired) electrons. The average molecular weight is 222 g/mol. The van der Waals surface area contributed by atoms with E-state index in [1.165, 1.54) is 71.0 Å². The Balaban J connectivity index is 1.72. The normalized spacial score (nSPS) is 32.8. The first-order chi connectivity index (χ1) is 7.79. The van der Waals surface area contributed by atoms with Crippen LogP contribution in [0.2, 0.25) is 0 Å². The number of rotatable bonds is 2. The van der Waals surface area contributed by atoms with Gasteiger partial charge >= 0.3 is 0 Å². The minimum atomic E-state index is 0.510. The molecule has 1 N–H and O–H groups in total. The topological polar surface area (TPSA) is 15.3 Å². The molecule has 2 nitrogen and oxygen atoms in total. The van der Waals surface area contributed by atoms with Crippen LogP contribution in [0.4, 0.5) is 0 Å². The summed E-state index contributed by atoms with van der Waals surface area (Å²) in [4.78, 5) is 2.85. The molecule has 16 heavy (non-hydrogen) atoms. The highest BCUT2D eigenvalue weighted by Gasteiger charge is 2.46. The van der Waals surface area contributed by atoms with E-state index in [0.29, 0.717) is 11.1 Å². The maximum absolute atomic E-state index is 3.83. The Hall–Kier alpha value is -0.0800. The highest BCUT2D eigenvalue weighted by atomic mass is 15.3. The molecule has 1 aliphatic heterocycles. The van der Waals surface area contributed by atoms with Gasteiger partial charge in [-0.15, -0.1) is 0 Å². The van der Waals surface area contributed by atoms with Crippen LogP contribution in [0.3, 0.4) is 0 Å². The number of nitrogens with zero attached hydrogens (tertiary/aromatic N) is 1. The summed E-state index contributed by atoms with van der Waals surface area (Å²) in [6.07, 6.45) is 11.5. The molecule has 0 atom stereocenters. The molecule has 1 heterocycles. The predicted octanol–water partition coefficient (Wildman–Crippen LogP) is 2.54. The highest BCUT2D eigenvalue weighted by molar-refractivity contribution is 5.05. The van der Waals surface area contributed by atoms with E-state index >= 15 is 0 Å². The Bertz CT molecular complexity index is 246. The van der Waals surface area contributed by atoms with Gasteiger partial charge in [0.2, 0.25) is 0 Å². The zero-order valence-electron chi connectivity index (χ0n) is 10.7. The van der Waals surface area contributed by atoms with E-state index in [1.54, 1.807) is 0 Å². The van der Waals surface area contributed by atoms with Crippen LogP contribution in [0, 0.1) is 0 Å². The van der Waals surface area contributed by atoms with Crippen molar-refractivity contribution >= 4 is 0 Å². The van der Waals surface area contributed by atoms with Gasteiger partial charge in [0.25, 0.3) is 0 Å². The van der Waals surface area contributed by atoms with Crippen molar-refractivity contribution in [3.05, 3.63) is 0 Å². The van der Waals surface area contributed by atoms with E-state index in [1.807, 2.05) is 0 Å². The number of piperazine rings is 1. The number of nitrogens with one attached hydrogen (secondary N) is 1. The zero-order chi connectivity index (χ0) is 11.1. The Labute approximate surface area is 99.8 Å². The van der Waals surface area contributed by atoms with Gasteiger partial charge in [0.15, 0.2) is 0 Å². The minimum absolute atomic E-state index is 0.510. The van der Waals surface area contributed by atoms with Crippen molar-refractivity contribution in [3.63, 3.8) is 0 Å². The number of hydrogen-bond donors (Lipinski definition) is 1. The summed E-state index contributed by atoms with van der Waals surface area (Å²) in [5, 5.41) is 3.83. The number of hydrogen-bond acceptors (Lipinski definition) is 2. The van der Waals surface area contributed by atoms with Crippen molar-refractivity contribution in [2.24, 2.45) is 0 Å². The summed E-state index contributed by atoms with van der Waals surface area (Å²) in [6, 6.07) is 0. The Morgan fingerprint density at radius 2 is 1.81 bits per heavy atom. The van der Waals surface area contributed by atoms with Gasteiger partial charge in [-0.3, -0.25) is 4.90 Å². The van der Waals surface area contributed by atoms with Crippen molar-refractivity contribution in [1.82, 2.24) is 10.2 Å². The predicted molar refractivity (Wildman–Crippen MR) is 67.6 cm³/mol. The Kier molecular flexibility index (Phi) is 2.75. The lowest BCUT2D eigenvalue weighted by molar-refractivity contribution is -0.0265. The fourth-order valence-electron chi connectivity index (χ4n) is 4.23. The van der Waals surface area contributed by atoms with Gasteiger partial charge in [0, 0.05) is 30.7 Å². The summed E-state index contributed by atoms with van der Waals surface area (Å²) in [6.45, 7) is 6.24. The van der Waals surface area contributed by atoms with Crippen LogP contribution in [0.25, 0.3) is 0 Å². The van der Waals surface area contributed by atoms with Crippen LogP contribution in [-0.2, 0) is 0 Å². The van der Waals surface area contributed by atoms with E-state index in [9.17, 15) is 0 Å². The first kappa shape index (κ1) is 11.0. The van der Waals surface area contributed by atoms with Crippen LogP contribution < -0.4 is 5.32 Å². The molecular weight excluding hydrogens is 196 g/mol. The third-order valence-electron chi connectivity index (χ3n) is 5.55. The summed E-state index contributed by atoms with van der Waals surface area (Å²) >= 11 is 0. The zero-order valence-corrected chi connectivity index (χ0v) is 10.7. The molecule has 2 saturated carbocycles. The molecule has 0 aromatic heterocycles. The van der Waals surface area contributed by atoms with Crippen LogP contribution >= 0.6 is 0 Å². The van der Waals surface area contributed by atoms with Gasteiger partial charge in [-0.2, -0.15) is 0 Å². The van der Waals surface area contributed by atoms with Crippen molar-refractivity contribution < 1.29 is 0 Å². The maximum Gasteiger partial charge on any atom is 0.0309 e. The molecule has 0 unspecified atom stereocenters. The third kappa shape index (κ3) is 1.62. The van der Waals surface area contributed by atoms with Crippen molar-refractivity contribution in [1.29, 1.82) is 0 Å². The molecular formula is C14H26N2. The largest absolute Gasteiger partial charge is 0.309 e. The smallest absolute Gasteiger partial charge is 0.0309 e. The quantitative estimate of drug-likeness (QED) is 0.772. The molecule has 0 bridgehead atoms. The molecule has 3 rings (SSSR count). The standard InChI is InChI=1S/C14H26N2/c1-2-14(8-5-9-14)16-11-10-15-13(12-16)6-3-4-7-13/h15H,2-12H2,1H3. The van der Waals surface area contributed by atoms with E-state index < -0.39 is 0 Å². The van der Waals surface area contributed by atoms with E-state index in [4.69, 9.17) is 0 Å². The molecule has 1 spiro atoms. The fraction of sp³-hybridized carbons (Fsp3) is 1.00. The van der Waals surface area contributed by atoms with Crippen LogP contribution in [0.1, 0.15) is 58.3 Å². The lowest BCUT2D eigenvalue weighted by Gasteiger charge is -2.55. The second kappa shape index (κ2) is 3.99. The minimum Gasteiger partial charge on any atom is -0.309 e. The van der Waals surface area contributed by atoms with E-state index in [0.717, 1.165) is 0 Å². The summed E-state index contributed by atoms with van der Waals surface area (Å²) in [5.41, 5.74) is 1.12. The van der Waals surface area contributed by atoms with Gasteiger partial charge < -0.3 is 5.32 Å². The van der Waals surface area contributed by atoms with E-state index in [-0.39, 0.29) is 0 Å². The first-order valence-corrected chi connectivity index (χ1v) is 7.29. The molecule has 3 aliphatic rings. The molecule has 92 valence electrons.